The standard InChI is InChI=1S/C25H27N5O4/c1-26-25-7-4-16(12-28-25)24-13-27-22-6-5-17(10-23(22)29-24)30(14-19(32)15-31)18-8-20(33-2)11-21(9-18)34-3/h4-13,19,31-32H,14-15H2,1-3H3,(H,26,28). The molecule has 1 atom stereocenters. The smallest absolute Gasteiger partial charge is 0.125 e. The lowest BCUT2D eigenvalue weighted by Gasteiger charge is -2.28. The monoisotopic (exact) mass is 461 g/mol. The molecule has 0 saturated heterocycles. The number of aliphatic hydroxyl groups excluding tert-OH is 2. The summed E-state index contributed by atoms with van der Waals surface area (Å²) < 4.78 is 10.8. The topological polar surface area (TPSA) is 113 Å². The maximum absolute atomic E-state index is 10.3. The molecule has 4 aromatic rings. The van der Waals surface area contributed by atoms with Crippen LogP contribution in [-0.2, 0) is 0 Å². The van der Waals surface area contributed by atoms with Crippen LogP contribution in [0.15, 0.2) is 60.9 Å². The summed E-state index contributed by atoms with van der Waals surface area (Å²) in [4.78, 5) is 15.6. The van der Waals surface area contributed by atoms with E-state index in [1.165, 1.54) is 0 Å². The lowest BCUT2D eigenvalue weighted by molar-refractivity contribution is 0.102. The summed E-state index contributed by atoms with van der Waals surface area (Å²) in [5.74, 6) is 1.99. The Morgan fingerprint density at radius 2 is 1.68 bits per heavy atom. The molecule has 0 fully saturated rings. The average Bonchev–Trinajstić information content (AvgIpc) is 2.90. The van der Waals surface area contributed by atoms with Gasteiger partial charge in [0.2, 0.25) is 0 Å². The zero-order valence-corrected chi connectivity index (χ0v) is 19.3. The maximum atomic E-state index is 10.3. The number of hydrogen-bond donors (Lipinski definition) is 3. The Kier molecular flexibility index (Phi) is 7.05. The Bertz CT molecular complexity index is 1240. The molecule has 2 aromatic heterocycles. The van der Waals surface area contributed by atoms with Crippen LogP contribution in [0, 0.1) is 0 Å². The summed E-state index contributed by atoms with van der Waals surface area (Å²) in [6.07, 6.45) is 2.51. The highest BCUT2D eigenvalue weighted by atomic mass is 16.5. The van der Waals surface area contributed by atoms with Gasteiger partial charge in [-0.05, 0) is 30.3 Å². The summed E-state index contributed by atoms with van der Waals surface area (Å²) >= 11 is 0. The molecule has 176 valence electrons. The number of ether oxygens (including phenoxy) is 2. The third kappa shape index (κ3) is 5.00. The largest absolute Gasteiger partial charge is 0.497 e. The number of hydrogen-bond acceptors (Lipinski definition) is 9. The van der Waals surface area contributed by atoms with Crippen LogP contribution in [0.1, 0.15) is 0 Å². The van der Waals surface area contributed by atoms with Gasteiger partial charge in [0.25, 0.3) is 0 Å². The van der Waals surface area contributed by atoms with Crippen molar-refractivity contribution in [2.45, 2.75) is 6.10 Å². The zero-order valence-electron chi connectivity index (χ0n) is 19.3. The molecule has 0 spiro atoms. The highest BCUT2D eigenvalue weighted by Crippen LogP contribution is 2.34. The predicted octanol–water partition coefficient (Wildman–Crippen LogP) is 3.24. The van der Waals surface area contributed by atoms with Gasteiger partial charge >= 0.3 is 0 Å². The maximum Gasteiger partial charge on any atom is 0.125 e. The van der Waals surface area contributed by atoms with E-state index in [0.29, 0.717) is 22.7 Å². The highest BCUT2D eigenvalue weighted by molar-refractivity contribution is 5.83. The number of fused-ring (bicyclic) bond motifs is 1. The van der Waals surface area contributed by atoms with Crippen LogP contribution < -0.4 is 19.7 Å². The third-order valence-corrected chi connectivity index (χ3v) is 5.40. The van der Waals surface area contributed by atoms with E-state index in [1.807, 2.05) is 54.4 Å². The molecular formula is C25H27N5O4. The zero-order chi connectivity index (χ0) is 24.1. The van der Waals surface area contributed by atoms with E-state index in [4.69, 9.17) is 14.5 Å². The molecule has 4 rings (SSSR count). The SMILES string of the molecule is CNc1ccc(-c2cnc3ccc(N(CC(O)CO)c4cc(OC)cc(OC)c4)cc3n2)cn1. The van der Waals surface area contributed by atoms with E-state index in [-0.39, 0.29) is 13.2 Å². The Balaban J connectivity index is 1.78. The van der Waals surface area contributed by atoms with E-state index in [9.17, 15) is 10.2 Å². The fourth-order valence-electron chi connectivity index (χ4n) is 3.58. The fourth-order valence-corrected chi connectivity index (χ4v) is 3.58. The number of anilines is 3. The molecule has 2 aromatic carbocycles. The minimum atomic E-state index is -0.956. The van der Waals surface area contributed by atoms with Crippen LogP contribution in [0.25, 0.3) is 22.3 Å². The first-order chi connectivity index (χ1) is 16.5. The van der Waals surface area contributed by atoms with Crippen molar-refractivity contribution in [1.82, 2.24) is 15.0 Å². The molecule has 9 heteroatoms. The number of aromatic nitrogens is 3. The lowest BCUT2D eigenvalue weighted by Crippen LogP contribution is -2.31. The van der Waals surface area contributed by atoms with E-state index >= 15 is 0 Å². The van der Waals surface area contributed by atoms with Crippen molar-refractivity contribution in [2.24, 2.45) is 0 Å². The summed E-state index contributed by atoms with van der Waals surface area (Å²) in [5.41, 5.74) is 4.47. The second kappa shape index (κ2) is 10.3. The Labute approximate surface area is 197 Å². The summed E-state index contributed by atoms with van der Waals surface area (Å²) in [6.45, 7) is -0.217. The van der Waals surface area contributed by atoms with Crippen LogP contribution in [-0.4, -0.2) is 65.7 Å². The number of benzene rings is 2. The third-order valence-electron chi connectivity index (χ3n) is 5.40. The van der Waals surface area contributed by atoms with Crippen LogP contribution >= 0.6 is 0 Å². The number of nitrogens with zero attached hydrogens (tertiary/aromatic N) is 4. The van der Waals surface area contributed by atoms with Gasteiger partial charge in [-0.3, -0.25) is 4.98 Å². The number of rotatable bonds is 9. The van der Waals surface area contributed by atoms with Gasteiger partial charge in [-0.25, -0.2) is 9.97 Å². The number of methoxy groups -OCH3 is 2. The molecule has 0 aliphatic carbocycles. The molecule has 3 N–H and O–H groups in total. The summed E-state index contributed by atoms with van der Waals surface area (Å²) in [5, 5.41) is 22.7. The van der Waals surface area contributed by atoms with E-state index < -0.39 is 6.10 Å². The van der Waals surface area contributed by atoms with Crippen molar-refractivity contribution >= 4 is 28.2 Å². The molecule has 9 nitrogen and oxygen atoms in total. The minimum absolute atomic E-state index is 0.154. The first-order valence-corrected chi connectivity index (χ1v) is 10.7. The first kappa shape index (κ1) is 23.2. The number of pyridine rings is 1. The average molecular weight is 462 g/mol. The normalized spacial score (nSPS) is 11.8. The van der Waals surface area contributed by atoms with Crippen molar-refractivity contribution < 1.29 is 19.7 Å². The highest BCUT2D eigenvalue weighted by Gasteiger charge is 2.17. The lowest BCUT2D eigenvalue weighted by atomic mass is 10.1. The van der Waals surface area contributed by atoms with Gasteiger partial charge in [-0.2, -0.15) is 0 Å². The van der Waals surface area contributed by atoms with Gasteiger partial charge in [0.1, 0.15) is 17.3 Å². The minimum Gasteiger partial charge on any atom is -0.497 e. The number of aliphatic hydroxyl groups is 2. The quantitative estimate of drug-likeness (QED) is 0.346. The molecule has 0 aliphatic rings. The molecule has 0 bridgehead atoms. The van der Waals surface area contributed by atoms with Crippen molar-refractivity contribution in [3.8, 4) is 22.8 Å². The molecule has 34 heavy (non-hydrogen) atoms. The summed E-state index contributed by atoms with van der Waals surface area (Å²) in [7, 11) is 4.98. The Morgan fingerprint density at radius 3 is 2.29 bits per heavy atom. The Morgan fingerprint density at radius 1 is 0.912 bits per heavy atom. The molecule has 0 radical (unpaired) electrons. The molecular weight excluding hydrogens is 434 g/mol. The summed E-state index contributed by atoms with van der Waals surface area (Å²) in [6, 6.07) is 14.9. The fraction of sp³-hybridized carbons (Fsp3) is 0.240. The van der Waals surface area contributed by atoms with Gasteiger partial charge in [0.05, 0.1) is 56.4 Å². The van der Waals surface area contributed by atoms with E-state index in [2.05, 4.69) is 15.3 Å². The molecule has 2 heterocycles. The van der Waals surface area contributed by atoms with Crippen molar-refractivity contribution in [2.75, 3.05) is 44.6 Å². The molecule has 0 aliphatic heterocycles. The van der Waals surface area contributed by atoms with Crippen LogP contribution in [0.4, 0.5) is 17.2 Å². The van der Waals surface area contributed by atoms with Crippen LogP contribution in [0.3, 0.4) is 0 Å². The molecule has 1 unspecified atom stereocenters. The van der Waals surface area contributed by atoms with Gasteiger partial charge in [0, 0.05) is 48.4 Å². The van der Waals surface area contributed by atoms with Crippen molar-refractivity contribution in [1.29, 1.82) is 0 Å². The van der Waals surface area contributed by atoms with Gasteiger partial charge < -0.3 is 29.9 Å². The Hall–Kier alpha value is -3.95. The number of nitrogens with one attached hydrogen (secondary N) is 1. The second-order valence-corrected chi connectivity index (χ2v) is 7.63. The van der Waals surface area contributed by atoms with Gasteiger partial charge in [-0.1, -0.05) is 0 Å². The predicted molar refractivity (Wildman–Crippen MR) is 132 cm³/mol. The van der Waals surface area contributed by atoms with E-state index in [0.717, 1.165) is 28.3 Å². The van der Waals surface area contributed by atoms with E-state index in [1.54, 1.807) is 32.7 Å². The van der Waals surface area contributed by atoms with Gasteiger partial charge in [-0.15, -0.1) is 0 Å². The van der Waals surface area contributed by atoms with Crippen molar-refractivity contribution in [3.05, 3.63) is 60.9 Å². The van der Waals surface area contributed by atoms with Gasteiger partial charge in [0.15, 0.2) is 0 Å². The van der Waals surface area contributed by atoms with Crippen LogP contribution in [0.2, 0.25) is 0 Å². The molecule has 0 saturated carbocycles. The molecule has 0 amide bonds. The van der Waals surface area contributed by atoms with Crippen molar-refractivity contribution in [3.63, 3.8) is 0 Å². The second-order valence-electron chi connectivity index (χ2n) is 7.63. The van der Waals surface area contributed by atoms with Crippen LogP contribution in [0.5, 0.6) is 11.5 Å². The first-order valence-electron chi connectivity index (χ1n) is 10.7.